The molecule has 0 heterocycles. The van der Waals surface area contributed by atoms with Crippen LogP contribution in [0.4, 0.5) is 0 Å². The molecule has 0 aliphatic carbocycles. The maximum absolute atomic E-state index is 5.54. The Morgan fingerprint density at radius 2 is 1.73 bits per heavy atom. The molecule has 0 aromatic rings. The standard InChI is InChI=1S/C13H30N2/c1-5-13(6-2)15(4)11-7-8-12(3)9-10-14/h12-13H,5-11,14H2,1-4H3. The lowest BCUT2D eigenvalue weighted by Gasteiger charge is -2.26. The van der Waals surface area contributed by atoms with Crippen LogP contribution in [-0.4, -0.2) is 31.1 Å². The third-order valence-corrected chi connectivity index (χ3v) is 3.43. The summed E-state index contributed by atoms with van der Waals surface area (Å²) >= 11 is 0. The molecular weight excluding hydrogens is 184 g/mol. The molecule has 1 unspecified atom stereocenters. The van der Waals surface area contributed by atoms with Crippen LogP contribution in [0.15, 0.2) is 0 Å². The van der Waals surface area contributed by atoms with E-state index in [1.165, 1.54) is 38.6 Å². The molecule has 0 aliphatic heterocycles. The third-order valence-electron chi connectivity index (χ3n) is 3.43. The van der Waals surface area contributed by atoms with Gasteiger partial charge in [0.05, 0.1) is 0 Å². The molecule has 0 aliphatic rings. The van der Waals surface area contributed by atoms with Crippen LogP contribution in [0, 0.1) is 5.92 Å². The second-order valence-electron chi connectivity index (χ2n) is 4.78. The lowest BCUT2D eigenvalue weighted by Crippen LogP contribution is -2.31. The molecule has 0 saturated heterocycles. The summed E-state index contributed by atoms with van der Waals surface area (Å²) in [6, 6.07) is 0.773. The maximum Gasteiger partial charge on any atom is 0.00869 e. The van der Waals surface area contributed by atoms with Gasteiger partial charge in [0, 0.05) is 6.04 Å². The van der Waals surface area contributed by atoms with Gasteiger partial charge in [-0.2, -0.15) is 0 Å². The van der Waals surface area contributed by atoms with E-state index in [9.17, 15) is 0 Å². The zero-order valence-electron chi connectivity index (χ0n) is 11.1. The fourth-order valence-electron chi connectivity index (χ4n) is 2.21. The summed E-state index contributed by atoms with van der Waals surface area (Å²) in [5.41, 5.74) is 5.54. The van der Waals surface area contributed by atoms with Crippen molar-refractivity contribution in [2.45, 2.75) is 58.9 Å². The molecule has 0 saturated carbocycles. The minimum atomic E-state index is 0.773. The van der Waals surface area contributed by atoms with E-state index in [1.54, 1.807) is 0 Å². The molecule has 0 rings (SSSR count). The van der Waals surface area contributed by atoms with Gasteiger partial charge in [0.15, 0.2) is 0 Å². The smallest absolute Gasteiger partial charge is 0.00869 e. The molecule has 0 bridgehead atoms. The molecule has 0 aromatic heterocycles. The Morgan fingerprint density at radius 3 is 2.20 bits per heavy atom. The fraction of sp³-hybridized carbons (Fsp3) is 1.00. The van der Waals surface area contributed by atoms with Crippen molar-refractivity contribution in [2.75, 3.05) is 20.1 Å². The molecular formula is C13H30N2. The molecule has 0 spiro atoms. The van der Waals surface area contributed by atoms with Gasteiger partial charge in [-0.25, -0.2) is 0 Å². The van der Waals surface area contributed by atoms with Gasteiger partial charge in [-0.1, -0.05) is 20.8 Å². The molecule has 1 atom stereocenters. The molecule has 2 nitrogen and oxygen atoms in total. The van der Waals surface area contributed by atoms with E-state index < -0.39 is 0 Å². The first-order chi connectivity index (χ1) is 7.15. The van der Waals surface area contributed by atoms with E-state index in [0.717, 1.165) is 18.5 Å². The van der Waals surface area contributed by atoms with E-state index in [0.29, 0.717) is 0 Å². The van der Waals surface area contributed by atoms with Gasteiger partial charge >= 0.3 is 0 Å². The van der Waals surface area contributed by atoms with Crippen molar-refractivity contribution < 1.29 is 0 Å². The van der Waals surface area contributed by atoms with Gasteiger partial charge in [-0.3, -0.25) is 0 Å². The van der Waals surface area contributed by atoms with Gasteiger partial charge in [0.25, 0.3) is 0 Å². The summed E-state index contributed by atoms with van der Waals surface area (Å²) in [7, 11) is 2.26. The van der Waals surface area contributed by atoms with Crippen molar-refractivity contribution in [3.8, 4) is 0 Å². The van der Waals surface area contributed by atoms with E-state index in [4.69, 9.17) is 5.73 Å². The van der Waals surface area contributed by atoms with Crippen LogP contribution in [0.25, 0.3) is 0 Å². The third kappa shape index (κ3) is 6.91. The van der Waals surface area contributed by atoms with Gasteiger partial charge in [0.2, 0.25) is 0 Å². The topological polar surface area (TPSA) is 29.3 Å². The van der Waals surface area contributed by atoms with Gasteiger partial charge in [-0.05, 0) is 58.2 Å². The van der Waals surface area contributed by atoms with Gasteiger partial charge < -0.3 is 10.6 Å². The molecule has 92 valence electrons. The summed E-state index contributed by atoms with van der Waals surface area (Å²) in [6.45, 7) is 8.94. The van der Waals surface area contributed by atoms with Gasteiger partial charge in [-0.15, -0.1) is 0 Å². The quantitative estimate of drug-likeness (QED) is 0.639. The van der Waals surface area contributed by atoms with E-state index in [1.807, 2.05) is 0 Å². The predicted molar refractivity (Wildman–Crippen MR) is 69.1 cm³/mol. The second-order valence-corrected chi connectivity index (χ2v) is 4.78. The molecule has 2 N–H and O–H groups in total. The largest absolute Gasteiger partial charge is 0.330 e. The normalized spacial score (nSPS) is 13.8. The average Bonchev–Trinajstić information content (AvgIpc) is 2.20. The maximum atomic E-state index is 5.54. The lowest BCUT2D eigenvalue weighted by molar-refractivity contribution is 0.221. The minimum Gasteiger partial charge on any atom is -0.330 e. The van der Waals surface area contributed by atoms with Crippen molar-refractivity contribution in [3.05, 3.63) is 0 Å². The molecule has 15 heavy (non-hydrogen) atoms. The fourth-order valence-corrected chi connectivity index (χ4v) is 2.21. The monoisotopic (exact) mass is 214 g/mol. The molecule has 0 amide bonds. The average molecular weight is 214 g/mol. The number of hydrogen-bond donors (Lipinski definition) is 1. The highest BCUT2D eigenvalue weighted by atomic mass is 15.1. The molecule has 0 aromatic carbocycles. The van der Waals surface area contributed by atoms with Crippen LogP contribution in [0.2, 0.25) is 0 Å². The van der Waals surface area contributed by atoms with Crippen molar-refractivity contribution in [1.29, 1.82) is 0 Å². The van der Waals surface area contributed by atoms with Crippen molar-refractivity contribution >= 4 is 0 Å². The SMILES string of the molecule is CCC(CC)N(C)CCCC(C)CCN. The minimum absolute atomic E-state index is 0.773. The van der Waals surface area contributed by atoms with Crippen molar-refractivity contribution in [1.82, 2.24) is 4.90 Å². The van der Waals surface area contributed by atoms with Crippen LogP contribution in [0.5, 0.6) is 0 Å². The summed E-state index contributed by atoms with van der Waals surface area (Å²) in [6.07, 6.45) is 6.35. The first-order valence-corrected chi connectivity index (χ1v) is 6.55. The molecule has 2 heteroatoms. The summed E-state index contributed by atoms with van der Waals surface area (Å²) < 4.78 is 0. The molecule has 0 radical (unpaired) electrons. The highest BCUT2D eigenvalue weighted by Gasteiger charge is 2.10. The zero-order valence-corrected chi connectivity index (χ0v) is 11.1. The van der Waals surface area contributed by atoms with E-state index in [-0.39, 0.29) is 0 Å². The van der Waals surface area contributed by atoms with E-state index >= 15 is 0 Å². The number of rotatable bonds is 9. The van der Waals surface area contributed by atoms with Crippen LogP contribution in [0.1, 0.15) is 52.9 Å². The predicted octanol–water partition coefficient (Wildman–Crippen LogP) is 2.87. The Morgan fingerprint density at radius 1 is 1.13 bits per heavy atom. The Balaban J connectivity index is 3.57. The Kier molecular flexibility index (Phi) is 9.12. The summed E-state index contributed by atoms with van der Waals surface area (Å²) in [5.74, 6) is 0.796. The van der Waals surface area contributed by atoms with Crippen LogP contribution >= 0.6 is 0 Å². The van der Waals surface area contributed by atoms with E-state index in [2.05, 4.69) is 32.7 Å². The lowest BCUT2D eigenvalue weighted by atomic mass is 10.0. The molecule has 0 fully saturated rings. The Bertz CT molecular complexity index is 132. The van der Waals surface area contributed by atoms with Crippen molar-refractivity contribution in [3.63, 3.8) is 0 Å². The van der Waals surface area contributed by atoms with Crippen molar-refractivity contribution in [2.24, 2.45) is 11.7 Å². The van der Waals surface area contributed by atoms with Crippen LogP contribution in [0.3, 0.4) is 0 Å². The zero-order chi connectivity index (χ0) is 11.7. The number of nitrogens with zero attached hydrogens (tertiary/aromatic N) is 1. The van der Waals surface area contributed by atoms with Crippen LogP contribution < -0.4 is 5.73 Å². The number of hydrogen-bond acceptors (Lipinski definition) is 2. The first kappa shape index (κ1) is 14.9. The Labute approximate surface area is 96.2 Å². The second kappa shape index (κ2) is 9.17. The highest BCUT2D eigenvalue weighted by Crippen LogP contribution is 2.12. The van der Waals surface area contributed by atoms with Crippen LogP contribution in [-0.2, 0) is 0 Å². The Hall–Kier alpha value is -0.0800. The summed E-state index contributed by atoms with van der Waals surface area (Å²) in [4.78, 5) is 2.51. The summed E-state index contributed by atoms with van der Waals surface area (Å²) in [5, 5.41) is 0. The highest BCUT2D eigenvalue weighted by molar-refractivity contribution is 4.65. The number of nitrogens with two attached hydrogens (primary N) is 1. The van der Waals surface area contributed by atoms with Gasteiger partial charge in [0.1, 0.15) is 0 Å². The first-order valence-electron chi connectivity index (χ1n) is 6.55.